The standard InChI is InChI=1S/C13H19N3/c1-12(2,3)9-8-15-10(13(4,5)6)11(14-7)16-9/h8H,1-6H3. The molecule has 0 saturated heterocycles. The van der Waals surface area contributed by atoms with Crippen LogP contribution < -0.4 is 0 Å². The Labute approximate surface area is 97.8 Å². The van der Waals surface area contributed by atoms with Crippen LogP contribution in [0.3, 0.4) is 0 Å². The van der Waals surface area contributed by atoms with Crippen molar-refractivity contribution >= 4 is 5.82 Å². The van der Waals surface area contributed by atoms with Crippen molar-refractivity contribution in [3.05, 3.63) is 29.0 Å². The van der Waals surface area contributed by atoms with E-state index in [9.17, 15) is 0 Å². The van der Waals surface area contributed by atoms with Crippen LogP contribution in [0.4, 0.5) is 5.82 Å². The van der Waals surface area contributed by atoms with Crippen molar-refractivity contribution in [3.63, 3.8) is 0 Å². The van der Waals surface area contributed by atoms with Gasteiger partial charge in [-0.2, -0.15) is 0 Å². The van der Waals surface area contributed by atoms with E-state index in [1.54, 1.807) is 6.20 Å². The fourth-order valence-corrected chi connectivity index (χ4v) is 1.35. The third-order valence-corrected chi connectivity index (χ3v) is 2.34. The van der Waals surface area contributed by atoms with Crippen LogP contribution in [0.25, 0.3) is 4.85 Å². The zero-order valence-electron chi connectivity index (χ0n) is 10.9. The number of aromatic nitrogens is 2. The second-order valence-corrected chi connectivity index (χ2v) is 6.04. The Morgan fingerprint density at radius 3 is 2.00 bits per heavy atom. The molecule has 3 nitrogen and oxygen atoms in total. The highest BCUT2D eigenvalue weighted by atomic mass is 14.9. The number of rotatable bonds is 0. The molecule has 0 aliphatic carbocycles. The molecule has 0 aromatic carbocycles. The SMILES string of the molecule is [C-]#[N+]c1nc(C(C)(C)C)cnc1C(C)(C)C. The van der Waals surface area contributed by atoms with Gasteiger partial charge in [0.25, 0.3) is 5.82 Å². The molecule has 86 valence electrons. The Balaban J connectivity index is 3.36. The van der Waals surface area contributed by atoms with E-state index in [1.165, 1.54) is 0 Å². The predicted molar refractivity (Wildman–Crippen MR) is 65.7 cm³/mol. The van der Waals surface area contributed by atoms with Gasteiger partial charge in [0.2, 0.25) is 0 Å². The van der Waals surface area contributed by atoms with Crippen LogP contribution in [0, 0.1) is 6.57 Å². The van der Waals surface area contributed by atoms with Crippen molar-refractivity contribution in [3.8, 4) is 0 Å². The first kappa shape index (κ1) is 12.6. The lowest BCUT2D eigenvalue weighted by Crippen LogP contribution is -2.18. The van der Waals surface area contributed by atoms with Crippen molar-refractivity contribution in [2.45, 2.75) is 52.4 Å². The molecule has 1 aromatic rings. The van der Waals surface area contributed by atoms with Crippen molar-refractivity contribution in [1.82, 2.24) is 9.97 Å². The first-order valence-electron chi connectivity index (χ1n) is 5.41. The third-order valence-electron chi connectivity index (χ3n) is 2.34. The van der Waals surface area contributed by atoms with Crippen molar-refractivity contribution in [2.75, 3.05) is 0 Å². The summed E-state index contributed by atoms with van der Waals surface area (Å²) in [5.41, 5.74) is 1.44. The molecule has 1 aromatic heterocycles. The van der Waals surface area contributed by atoms with E-state index >= 15 is 0 Å². The van der Waals surface area contributed by atoms with Crippen LogP contribution >= 0.6 is 0 Å². The number of hydrogen-bond acceptors (Lipinski definition) is 2. The summed E-state index contributed by atoms with van der Waals surface area (Å²) < 4.78 is 0. The molecule has 3 heteroatoms. The Morgan fingerprint density at radius 1 is 1.06 bits per heavy atom. The highest BCUT2D eigenvalue weighted by molar-refractivity contribution is 5.45. The summed E-state index contributed by atoms with van der Waals surface area (Å²) >= 11 is 0. The highest BCUT2D eigenvalue weighted by Crippen LogP contribution is 2.30. The molecule has 0 unspecified atom stereocenters. The lowest BCUT2D eigenvalue weighted by atomic mass is 9.89. The van der Waals surface area contributed by atoms with Crippen molar-refractivity contribution < 1.29 is 0 Å². The van der Waals surface area contributed by atoms with Crippen LogP contribution in [-0.4, -0.2) is 9.97 Å². The molecule has 16 heavy (non-hydrogen) atoms. The van der Waals surface area contributed by atoms with E-state index in [2.05, 4.69) is 35.6 Å². The Morgan fingerprint density at radius 2 is 1.62 bits per heavy atom. The van der Waals surface area contributed by atoms with Gasteiger partial charge in [-0.15, -0.1) is 4.98 Å². The fourth-order valence-electron chi connectivity index (χ4n) is 1.35. The number of hydrogen-bond donors (Lipinski definition) is 0. The molecule has 0 bridgehead atoms. The third kappa shape index (κ3) is 2.57. The van der Waals surface area contributed by atoms with Crippen LogP contribution in [0.1, 0.15) is 52.9 Å². The van der Waals surface area contributed by atoms with Gasteiger partial charge in [-0.3, -0.25) is 4.98 Å². The average Bonchev–Trinajstić information content (AvgIpc) is 2.14. The molecule has 0 N–H and O–H groups in total. The van der Waals surface area contributed by atoms with Crippen LogP contribution in [-0.2, 0) is 10.8 Å². The molecule has 0 spiro atoms. The summed E-state index contributed by atoms with van der Waals surface area (Å²) in [6.45, 7) is 19.5. The maximum Gasteiger partial charge on any atom is 0.292 e. The van der Waals surface area contributed by atoms with Gasteiger partial charge >= 0.3 is 0 Å². The summed E-state index contributed by atoms with van der Waals surface area (Å²) in [7, 11) is 0. The summed E-state index contributed by atoms with van der Waals surface area (Å²) in [6.07, 6.45) is 1.79. The van der Waals surface area contributed by atoms with E-state index in [0.717, 1.165) is 11.4 Å². The van der Waals surface area contributed by atoms with Crippen molar-refractivity contribution in [1.29, 1.82) is 0 Å². The topological polar surface area (TPSA) is 30.1 Å². The Kier molecular flexibility index (Phi) is 3.05. The van der Waals surface area contributed by atoms with Crippen LogP contribution in [0.5, 0.6) is 0 Å². The molecular formula is C13H19N3. The minimum absolute atomic E-state index is 0.0666. The predicted octanol–water partition coefficient (Wildman–Crippen LogP) is 3.62. The molecule has 1 heterocycles. The lowest BCUT2D eigenvalue weighted by Gasteiger charge is -2.20. The quantitative estimate of drug-likeness (QED) is 0.621. The zero-order valence-corrected chi connectivity index (χ0v) is 10.9. The summed E-state index contributed by atoms with van der Waals surface area (Å²) in [5, 5.41) is 0. The van der Waals surface area contributed by atoms with Crippen molar-refractivity contribution in [2.24, 2.45) is 0 Å². The minimum Gasteiger partial charge on any atom is -0.359 e. The first-order valence-corrected chi connectivity index (χ1v) is 5.41. The van der Waals surface area contributed by atoms with Gasteiger partial charge in [-0.1, -0.05) is 48.1 Å². The fraction of sp³-hybridized carbons (Fsp3) is 0.615. The molecule has 0 fully saturated rings. The van der Waals surface area contributed by atoms with Gasteiger partial charge in [0.05, 0.1) is 11.9 Å². The molecule has 0 aliphatic rings. The summed E-state index contributed by atoms with van der Waals surface area (Å²) in [6, 6.07) is 0. The molecule has 0 radical (unpaired) electrons. The minimum atomic E-state index is -0.136. The summed E-state index contributed by atoms with van der Waals surface area (Å²) in [4.78, 5) is 12.3. The Bertz CT molecular complexity index is 428. The monoisotopic (exact) mass is 217 g/mol. The number of nitrogens with zero attached hydrogens (tertiary/aromatic N) is 3. The summed E-state index contributed by atoms with van der Waals surface area (Å²) in [5.74, 6) is 0.430. The maximum absolute atomic E-state index is 7.19. The van der Waals surface area contributed by atoms with E-state index in [4.69, 9.17) is 6.57 Å². The van der Waals surface area contributed by atoms with Gasteiger partial charge < -0.3 is 4.85 Å². The van der Waals surface area contributed by atoms with Gasteiger partial charge in [-0.05, 0) is 5.41 Å². The van der Waals surface area contributed by atoms with E-state index in [-0.39, 0.29) is 10.8 Å². The second kappa shape index (κ2) is 3.86. The molecular weight excluding hydrogens is 198 g/mol. The van der Waals surface area contributed by atoms with Gasteiger partial charge in [-0.25, -0.2) is 0 Å². The van der Waals surface area contributed by atoms with Gasteiger partial charge in [0.15, 0.2) is 5.69 Å². The van der Waals surface area contributed by atoms with Crippen LogP contribution in [0.2, 0.25) is 0 Å². The smallest absolute Gasteiger partial charge is 0.292 e. The molecule has 0 saturated carbocycles. The van der Waals surface area contributed by atoms with E-state index in [0.29, 0.717) is 5.82 Å². The van der Waals surface area contributed by atoms with Crippen LogP contribution in [0.15, 0.2) is 6.20 Å². The molecule has 0 atom stereocenters. The highest BCUT2D eigenvalue weighted by Gasteiger charge is 2.26. The molecule has 0 aliphatic heterocycles. The normalized spacial score (nSPS) is 12.3. The largest absolute Gasteiger partial charge is 0.359 e. The lowest BCUT2D eigenvalue weighted by molar-refractivity contribution is 0.544. The van der Waals surface area contributed by atoms with E-state index in [1.807, 2.05) is 20.8 Å². The molecule has 0 amide bonds. The Hall–Kier alpha value is -1.43. The average molecular weight is 217 g/mol. The molecule has 1 rings (SSSR count). The van der Waals surface area contributed by atoms with Gasteiger partial charge in [0, 0.05) is 5.41 Å². The zero-order chi connectivity index (χ0) is 12.6. The second-order valence-electron chi connectivity index (χ2n) is 6.04. The first-order chi connectivity index (χ1) is 7.16. The van der Waals surface area contributed by atoms with Gasteiger partial charge in [0.1, 0.15) is 0 Å². The van der Waals surface area contributed by atoms with E-state index < -0.39 is 0 Å². The maximum atomic E-state index is 7.19.